The van der Waals surface area contributed by atoms with Crippen molar-refractivity contribution in [2.24, 2.45) is 0 Å². The molecule has 0 aliphatic carbocycles. The normalized spacial score (nSPS) is 15.9. The van der Waals surface area contributed by atoms with Crippen LogP contribution in [0.3, 0.4) is 0 Å². The molecule has 0 saturated carbocycles. The molecule has 0 unspecified atom stereocenters. The van der Waals surface area contributed by atoms with Crippen LogP contribution in [0.4, 0.5) is 5.69 Å². The van der Waals surface area contributed by atoms with Crippen molar-refractivity contribution >= 4 is 13.5 Å². The number of H-pyrrole nitrogens is 1. The fraction of sp³-hybridized carbons (Fsp3) is 0.556. The molecule has 0 fully saturated rings. The summed E-state index contributed by atoms with van der Waals surface area (Å²) >= 11 is 0. The van der Waals surface area contributed by atoms with Gasteiger partial charge in [-0.1, -0.05) is 0 Å². The van der Waals surface area contributed by atoms with Gasteiger partial charge in [0.2, 0.25) is 0 Å². The highest BCUT2D eigenvalue weighted by molar-refractivity contribution is 7.46. The second-order valence-electron chi connectivity index (χ2n) is 4.49. The van der Waals surface area contributed by atoms with Gasteiger partial charge >= 0.3 is 13.5 Å². The topological polar surface area (TPSA) is 220 Å². The van der Waals surface area contributed by atoms with Crippen LogP contribution in [-0.4, -0.2) is 66.2 Å². The summed E-state index contributed by atoms with van der Waals surface area (Å²) in [6.07, 6.45) is -4.31. The molecule has 0 aromatic carbocycles. The number of aliphatic hydroxyl groups is 3. The van der Waals surface area contributed by atoms with Crippen molar-refractivity contribution in [2.75, 3.05) is 24.3 Å². The molecule has 23 heavy (non-hydrogen) atoms. The van der Waals surface area contributed by atoms with Crippen LogP contribution in [0.2, 0.25) is 0 Å². The van der Waals surface area contributed by atoms with Crippen molar-refractivity contribution in [3.05, 3.63) is 27.0 Å². The number of phosphoric acid groups is 1. The fourth-order valence-corrected chi connectivity index (χ4v) is 1.79. The van der Waals surface area contributed by atoms with Crippen molar-refractivity contribution in [2.45, 2.75) is 18.3 Å². The number of nitrogens with one attached hydrogen (secondary N) is 2. The van der Waals surface area contributed by atoms with Gasteiger partial charge < -0.3 is 36.3 Å². The first kappa shape index (κ1) is 19.3. The van der Waals surface area contributed by atoms with Gasteiger partial charge in [-0.05, 0) is 0 Å². The van der Waals surface area contributed by atoms with Crippen LogP contribution >= 0.6 is 7.82 Å². The van der Waals surface area contributed by atoms with Crippen LogP contribution in [0.5, 0.6) is 0 Å². The number of hydrogen-bond donors (Lipinski definition) is 8. The largest absolute Gasteiger partial charge is 0.469 e. The lowest BCUT2D eigenvalue weighted by atomic mass is 10.1. The molecule has 9 N–H and O–H groups in total. The Morgan fingerprint density at radius 2 is 1.91 bits per heavy atom. The SMILES string of the molecule is Nc1cn(NC[C@H](O)[C@H](O)[C@H](O)COP(=O)(O)O)c(=O)[nH]c1=O. The number of aliphatic hydroxyl groups excluding tert-OH is 3. The van der Waals surface area contributed by atoms with Crippen LogP contribution in [0.15, 0.2) is 15.8 Å². The Bertz CT molecular complexity index is 682. The molecule has 0 aliphatic heterocycles. The minimum absolute atomic E-state index is 0.276. The second-order valence-corrected chi connectivity index (χ2v) is 5.73. The second kappa shape index (κ2) is 7.70. The third kappa shape index (κ3) is 6.11. The molecule has 0 radical (unpaired) electrons. The maximum Gasteiger partial charge on any atom is 0.469 e. The number of aromatic nitrogens is 2. The fourth-order valence-electron chi connectivity index (χ4n) is 1.44. The number of hydrogen-bond acceptors (Lipinski definition) is 9. The molecule has 14 heteroatoms. The van der Waals surface area contributed by atoms with Crippen molar-refractivity contribution in [1.82, 2.24) is 9.66 Å². The van der Waals surface area contributed by atoms with Gasteiger partial charge in [0.15, 0.2) is 0 Å². The van der Waals surface area contributed by atoms with Crippen LogP contribution in [-0.2, 0) is 9.09 Å². The van der Waals surface area contributed by atoms with E-state index in [2.05, 4.69) is 9.95 Å². The summed E-state index contributed by atoms with van der Waals surface area (Å²) in [6, 6.07) is 0. The number of nitrogen functional groups attached to an aromatic ring is 1. The zero-order valence-electron chi connectivity index (χ0n) is 11.6. The van der Waals surface area contributed by atoms with E-state index in [1.807, 2.05) is 4.98 Å². The van der Waals surface area contributed by atoms with E-state index in [1.54, 1.807) is 0 Å². The molecule has 1 aromatic heterocycles. The minimum atomic E-state index is -4.83. The molecule has 0 amide bonds. The molecular formula is C9H17N4O9P. The average molecular weight is 356 g/mol. The minimum Gasteiger partial charge on any atom is -0.393 e. The van der Waals surface area contributed by atoms with Gasteiger partial charge in [-0.2, -0.15) is 0 Å². The summed E-state index contributed by atoms with van der Waals surface area (Å²) in [5.41, 5.74) is 5.68. The van der Waals surface area contributed by atoms with Gasteiger partial charge in [0.05, 0.1) is 19.3 Å². The number of nitrogens with zero attached hydrogens (tertiary/aromatic N) is 1. The Morgan fingerprint density at radius 3 is 2.48 bits per heavy atom. The Balaban J connectivity index is 2.60. The quantitative estimate of drug-likeness (QED) is 0.209. The van der Waals surface area contributed by atoms with Crippen LogP contribution < -0.4 is 22.4 Å². The molecule has 0 saturated heterocycles. The highest BCUT2D eigenvalue weighted by atomic mass is 31.2. The first-order valence-corrected chi connectivity index (χ1v) is 7.64. The summed E-state index contributed by atoms with van der Waals surface area (Å²) < 4.78 is 15.2. The van der Waals surface area contributed by atoms with Crippen LogP contribution in [0.1, 0.15) is 0 Å². The number of aromatic amines is 1. The van der Waals surface area contributed by atoms with Crippen molar-refractivity contribution in [3.8, 4) is 0 Å². The number of rotatable bonds is 8. The van der Waals surface area contributed by atoms with E-state index in [0.29, 0.717) is 0 Å². The number of nitrogens with two attached hydrogens (primary N) is 1. The van der Waals surface area contributed by atoms with Gasteiger partial charge in [0, 0.05) is 0 Å². The highest BCUT2D eigenvalue weighted by Gasteiger charge is 2.27. The summed E-state index contributed by atoms with van der Waals surface area (Å²) in [7, 11) is -4.83. The monoisotopic (exact) mass is 356 g/mol. The van der Waals surface area contributed by atoms with E-state index >= 15 is 0 Å². The molecule has 0 spiro atoms. The maximum absolute atomic E-state index is 11.4. The molecule has 13 nitrogen and oxygen atoms in total. The van der Waals surface area contributed by atoms with Crippen molar-refractivity contribution in [3.63, 3.8) is 0 Å². The van der Waals surface area contributed by atoms with Gasteiger partial charge in [-0.15, -0.1) is 0 Å². The van der Waals surface area contributed by atoms with Crippen LogP contribution in [0.25, 0.3) is 0 Å². The lowest BCUT2D eigenvalue weighted by Crippen LogP contribution is -2.46. The zero-order chi connectivity index (χ0) is 17.8. The highest BCUT2D eigenvalue weighted by Crippen LogP contribution is 2.35. The molecule has 1 heterocycles. The standard InChI is InChI=1S/C9H17N4O9P/c10-4-2-13(9(18)12-8(4)17)11-1-5(14)7(16)6(15)3-22-23(19,20)21/h2,5-7,11,14-16H,1,3,10H2,(H,12,17,18)(H2,19,20,21)/t5-,6+,7-/m0/s1. The number of phosphoric ester groups is 1. The first-order chi connectivity index (χ1) is 10.5. The Kier molecular flexibility index (Phi) is 6.47. The van der Waals surface area contributed by atoms with Crippen molar-refractivity contribution in [1.29, 1.82) is 0 Å². The molecule has 0 bridgehead atoms. The molecule has 132 valence electrons. The summed E-state index contributed by atoms with van der Waals surface area (Å²) in [5.74, 6) is 0. The lowest BCUT2D eigenvalue weighted by molar-refractivity contribution is -0.0712. The Labute approximate surface area is 128 Å². The zero-order valence-corrected chi connectivity index (χ0v) is 12.5. The van der Waals surface area contributed by atoms with E-state index in [1.165, 1.54) is 0 Å². The van der Waals surface area contributed by atoms with Crippen molar-refractivity contribution < 1.29 is 34.2 Å². The van der Waals surface area contributed by atoms with E-state index in [0.717, 1.165) is 10.9 Å². The summed E-state index contributed by atoms with van der Waals surface area (Å²) in [4.78, 5) is 41.3. The molecule has 0 aliphatic rings. The molecule has 1 rings (SSSR count). The lowest BCUT2D eigenvalue weighted by Gasteiger charge is -2.23. The Morgan fingerprint density at radius 1 is 1.30 bits per heavy atom. The summed E-state index contributed by atoms with van der Waals surface area (Å²) in [5, 5.41) is 28.7. The molecular weight excluding hydrogens is 339 g/mol. The van der Waals surface area contributed by atoms with E-state index < -0.39 is 50.5 Å². The third-order valence-corrected chi connectivity index (χ3v) is 3.13. The third-order valence-electron chi connectivity index (χ3n) is 2.64. The Hall–Kier alpha value is -1.73. The van der Waals surface area contributed by atoms with Gasteiger partial charge in [-0.25, -0.2) is 14.0 Å². The van der Waals surface area contributed by atoms with E-state index in [9.17, 15) is 29.5 Å². The maximum atomic E-state index is 11.4. The predicted molar refractivity (Wildman–Crippen MR) is 76.0 cm³/mol. The predicted octanol–water partition coefficient (Wildman–Crippen LogP) is -4.15. The number of anilines is 1. The summed E-state index contributed by atoms with van der Waals surface area (Å²) in [6.45, 7) is -1.38. The van der Waals surface area contributed by atoms with E-state index in [-0.39, 0.29) is 5.69 Å². The van der Waals surface area contributed by atoms with Gasteiger partial charge in [0.25, 0.3) is 5.56 Å². The molecule has 1 aromatic rings. The van der Waals surface area contributed by atoms with E-state index in [4.69, 9.17) is 15.5 Å². The average Bonchev–Trinajstić information content (AvgIpc) is 2.45. The van der Waals surface area contributed by atoms with Crippen LogP contribution in [0, 0.1) is 0 Å². The van der Waals surface area contributed by atoms with Gasteiger partial charge in [0.1, 0.15) is 24.0 Å². The smallest absolute Gasteiger partial charge is 0.393 e. The van der Waals surface area contributed by atoms with Gasteiger partial charge in [-0.3, -0.25) is 14.3 Å². The first-order valence-electron chi connectivity index (χ1n) is 6.11. The molecule has 3 atom stereocenters.